The lowest BCUT2D eigenvalue weighted by Crippen LogP contribution is -2.37. The molecular formula is C18H23N3O3. The zero-order valence-corrected chi connectivity index (χ0v) is 14.0. The number of carbonyl (C=O) groups excluding carboxylic acids is 1. The molecule has 2 N–H and O–H groups in total. The van der Waals surface area contributed by atoms with Crippen molar-refractivity contribution < 1.29 is 14.3 Å². The van der Waals surface area contributed by atoms with Gasteiger partial charge in [-0.15, -0.1) is 0 Å². The number of methoxy groups -OCH3 is 1. The van der Waals surface area contributed by atoms with Gasteiger partial charge in [-0.1, -0.05) is 18.2 Å². The third-order valence-corrected chi connectivity index (χ3v) is 3.32. The van der Waals surface area contributed by atoms with E-state index in [1.165, 1.54) is 0 Å². The van der Waals surface area contributed by atoms with E-state index in [-0.39, 0.29) is 12.1 Å². The van der Waals surface area contributed by atoms with Gasteiger partial charge in [-0.3, -0.25) is 4.98 Å². The van der Waals surface area contributed by atoms with Crippen molar-refractivity contribution in [2.75, 3.05) is 25.6 Å². The van der Waals surface area contributed by atoms with Crippen LogP contribution in [-0.4, -0.2) is 37.4 Å². The lowest BCUT2D eigenvalue weighted by Gasteiger charge is -2.16. The molecular weight excluding hydrogens is 306 g/mol. The van der Waals surface area contributed by atoms with Crippen molar-refractivity contribution in [1.82, 2.24) is 10.3 Å². The fourth-order valence-corrected chi connectivity index (χ4v) is 2.24. The molecule has 0 bridgehead atoms. The van der Waals surface area contributed by atoms with Crippen LogP contribution in [0.15, 0.2) is 48.8 Å². The average molecular weight is 329 g/mol. The van der Waals surface area contributed by atoms with E-state index in [9.17, 15) is 4.79 Å². The molecule has 0 aliphatic heterocycles. The summed E-state index contributed by atoms with van der Waals surface area (Å²) in [6.45, 7) is 2.87. The van der Waals surface area contributed by atoms with Crippen molar-refractivity contribution in [3.63, 3.8) is 0 Å². The number of aromatic nitrogens is 1. The summed E-state index contributed by atoms with van der Waals surface area (Å²) in [4.78, 5) is 16.3. The minimum absolute atomic E-state index is 0.0178. The number of hydrogen-bond donors (Lipinski definition) is 2. The normalized spacial score (nSPS) is 11.6. The fraction of sp³-hybridized carbons (Fsp3) is 0.333. The molecule has 0 aliphatic rings. The lowest BCUT2D eigenvalue weighted by molar-refractivity contribution is 0.146. The van der Waals surface area contributed by atoms with Crippen molar-refractivity contribution >= 4 is 11.7 Å². The van der Waals surface area contributed by atoms with Gasteiger partial charge in [0, 0.05) is 25.5 Å². The number of hydrogen-bond acceptors (Lipinski definition) is 4. The zero-order valence-electron chi connectivity index (χ0n) is 14.0. The number of nitrogens with zero attached hydrogens (tertiary/aromatic N) is 1. The Morgan fingerprint density at radius 1 is 1.21 bits per heavy atom. The van der Waals surface area contributed by atoms with Crippen LogP contribution in [0.1, 0.15) is 12.5 Å². The van der Waals surface area contributed by atoms with Gasteiger partial charge in [0.05, 0.1) is 12.3 Å². The van der Waals surface area contributed by atoms with Gasteiger partial charge in [0.15, 0.2) is 0 Å². The molecule has 0 unspecified atom stereocenters. The van der Waals surface area contributed by atoms with Crippen molar-refractivity contribution in [3.05, 3.63) is 54.4 Å². The van der Waals surface area contributed by atoms with Crippen LogP contribution in [0.25, 0.3) is 0 Å². The molecule has 0 saturated heterocycles. The molecule has 6 heteroatoms. The number of anilines is 1. The fourth-order valence-electron chi connectivity index (χ4n) is 2.24. The van der Waals surface area contributed by atoms with E-state index in [0.717, 1.165) is 5.56 Å². The van der Waals surface area contributed by atoms with Gasteiger partial charge in [-0.25, -0.2) is 4.79 Å². The Kier molecular flexibility index (Phi) is 7.04. The Hall–Kier alpha value is -2.60. The molecule has 128 valence electrons. The Morgan fingerprint density at radius 2 is 2.04 bits per heavy atom. The maximum Gasteiger partial charge on any atom is 0.319 e. The molecule has 2 aromatic rings. The van der Waals surface area contributed by atoms with E-state index < -0.39 is 0 Å². The van der Waals surface area contributed by atoms with Crippen molar-refractivity contribution in [2.45, 2.75) is 19.4 Å². The van der Waals surface area contributed by atoms with Gasteiger partial charge in [-0.2, -0.15) is 0 Å². The van der Waals surface area contributed by atoms with E-state index in [0.29, 0.717) is 31.1 Å². The monoisotopic (exact) mass is 329 g/mol. The van der Waals surface area contributed by atoms with Crippen LogP contribution in [0.3, 0.4) is 0 Å². The highest BCUT2D eigenvalue weighted by molar-refractivity contribution is 5.91. The minimum atomic E-state index is -0.269. The maximum atomic E-state index is 12.2. The van der Waals surface area contributed by atoms with E-state index in [1.807, 2.05) is 37.3 Å². The van der Waals surface area contributed by atoms with Gasteiger partial charge in [-0.05, 0) is 37.1 Å². The number of rotatable bonds is 8. The summed E-state index contributed by atoms with van der Waals surface area (Å²) in [5, 5.41) is 5.74. The first-order valence-corrected chi connectivity index (χ1v) is 7.86. The predicted octanol–water partition coefficient (Wildman–Crippen LogP) is 2.86. The second-order valence-electron chi connectivity index (χ2n) is 5.40. The summed E-state index contributed by atoms with van der Waals surface area (Å²) in [7, 11) is 1.62. The van der Waals surface area contributed by atoms with Crippen molar-refractivity contribution in [2.24, 2.45) is 0 Å². The summed E-state index contributed by atoms with van der Waals surface area (Å²) in [5.41, 5.74) is 1.70. The molecule has 0 saturated carbocycles. The number of amides is 2. The molecule has 1 atom stereocenters. The van der Waals surface area contributed by atoms with Crippen LogP contribution in [0, 0.1) is 0 Å². The lowest BCUT2D eigenvalue weighted by atomic mass is 10.1. The summed E-state index contributed by atoms with van der Waals surface area (Å²) in [6, 6.07) is 10.9. The topological polar surface area (TPSA) is 72.5 Å². The summed E-state index contributed by atoms with van der Waals surface area (Å²) >= 11 is 0. The molecule has 1 aromatic carbocycles. The second-order valence-corrected chi connectivity index (χ2v) is 5.40. The highest BCUT2D eigenvalue weighted by Crippen LogP contribution is 2.23. The molecule has 1 heterocycles. The SMILES string of the molecule is COCCOc1ccccc1NC(=O)N[C@@H](C)Cc1cccnc1. The highest BCUT2D eigenvalue weighted by Gasteiger charge is 2.11. The molecule has 2 rings (SSSR count). The Bertz CT molecular complexity index is 634. The molecule has 6 nitrogen and oxygen atoms in total. The van der Waals surface area contributed by atoms with Crippen LogP contribution in [-0.2, 0) is 11.2 Å². The van der Waals surface area contributed by atoms with Crippen LogP contribution in [0.4, 0.5) is 10.5 Å². The number of pyridine rings is 1. The van der Waals surface area contributed by atoms with Crippen LogP contribution in [0.5, 0.6) is 5.75 Å². The highest BCUT2D eigenvalue weighted by atomic mass is 16.5. The van der Waals surface area contributed by atoms with Gasteiger partial charge in [0.1, 0.15) is 12.4 Å². The van der Waals surface area contributed by atoms with E-state index in [1.54, 1.807) is 25.6 Å². The average Bonchev–Trinajstić information content (AvgIpc) is 2.57. The second kappa shape index (κ2) is 9.52. The first-order valence-electron chi connectivity index (χ1n) is 7.86. The first-order chi connectivity index (χ1) is 11.7. The molecule has 24 heavy (non-hydrogen) atoms. The smallest absolute Gasteiger partial charge is 0.319 e. The maximum absolute atomic E-state index is 12.2. The number of nitrogens with one attached hydrogen (secondary N) is 2. The number of benzene rings is 1. The Balaban J connectivity index is 1.87. The van der Waals surface area contributed by atoms with Crippen LogP contribution >= 0.6 is 0 Å². The summed E-state index contributed by atoms with van der Waals surface area (Å²) in [6.07, 6.45) is 4.25. The molecule has 0 aliphatic carbocycles. The molecule has 0 radical (unpaired) electrons. The molecule has 2 amide bonds. The van der Waals surface area contributed by atoms with E-state index in [2.05, 4.69) is 15.6 Å². The third-order valence-electron chi connectivity index (χ3n) is 3.32. The van der Waals surface area contributed by atoms with E-state index in [4.69, 9.17) is 9.47 Å². The summed E-state index contributed by atoms with van der Waals surface area (Å²) < 4.78 is 10.6. The quantitative estimate of drug-likeness (QED) is 0.731. The van der Waals surface area contributed by atoms with Crippen LogP contribution < -0.4 is 15.4 Å². The number of carbonyl (C=O) groups is 1. The largest absolute Gasteiger partial charge is 0.489 e. The molecule has 1 aromatic heterocycles. The first kappa shape index (κ1) is 17.7. The zero-order chi connectivity index (χ0) is 17.2. The van der Waals surface area contributed by atoms with Gasteiger partial charge < -0.3 is 20.1 Å². The number of urea groups is 1. The Morgan fingerprint density at radius 3 is 2.79 bits per heavy atom. The molecule has 0 fully saturated rings. The number of ether oxygens (including phenoxy) is 2. The minimum Gasteiger partial charge on any atom is -0.489 e. The summed E-state index contributed by atoms with van der Waals surface area (Å²) in [5.74, 6) is 0.615. The van der Waals surface area contributed by atoms with Crippen molar-refractivity contribution in [3.8, 4) is 5.75 Å². The van der Waals surface area contributed by atoms with Gasteiger partial charge >= 0.3 is 6.03 Å². The standard InChI is InChI=1S/C18H23N3O3/c1-14(12-15-6-5-9-19-13-15)20-18(22)21-16-7-3-4-8-17(16)24-11-10-23-2/h3-9,13-14H,10-12H2,1-2H3,(H2,20,21,22)/t14-/m0/s1. The molecule has 0 spiro atoms. The van der Waals surface area contributed by atoms with E-state index >= 15 is 0 Å². The number of para-hydroxylation sites is 2. The third kappa shape index (κ3) is 5.89. The van der Waals surface area contributed by atoms with Crippen LogP contribution in [0.2, 0.25) is 0 Å². The Labute approximate surface area is 142 Å². The van der Waals surface area contributed by atoms with Gasteiger partial charge in [0.2, 0.25) is 0 Å². The predicted molar refractivity (Wildman–Crippen MR) is 93.4 cm³/mol. The van der Waals surface area contributed by atoms with Crippen molar-refractivity contribution in [1.29, 1.82) is 0 Å². The van der Waals surface area contributed by atoms with Gasteiger partial charge in [0.25, 0.3) is 0 Å².